The Kier molecular flexibility index (Phi) is 10.9. The molecule has 5 nitrogen and oxygen atoms in total. The molecule has 5 heteroatoms. The molecule has 0 unspecified atom stereocenters. The quantitative estimate of drug-likeness (QED) is 0.375. The molecule has 0 spiro atoms. The van der Waals surface area contributed by atoms with Crippen molar-refractivity contribution in [1.29, 1.82) is 0 Å². The molecule has 1 aromatic carbocycles. The minimum atomic E-state index is -0.364. The van der Waals surface area contributed by atoms with Gasteiger partial charge in [0.05, 0.1) is 12.2 Å². The Morgan fingerprint density at radius 1 is 1.17 bits per heavy atom. The van der Waals surface area contributed by atoms with Crippen LogP contribution in [-0.4, -0.2) is 46.7 Å². The molecule has 2 rings (SSSR count). The van der Waals surface area contributed by atoms with Crippen molar-refractivity contribution in [3.05, 3.63) is 35.9 Å². The summed E-state index contributed by atoms with van der Waals surface area (Å²) in [4.78, 5) is 26.1. The summed E-state index contributed by atoms with van der Waals surface area (Å²) in [6.45, 7) is 4.52. The third kappa shape index (κ3) is 9.29. The Balaban J connectivity index is 1.67. The van der Waals surface area contributed by atoms with Crippen molar-refractivity contribution in [1.82, 2.24) is 4.90 Å². The maximum absolute atomic E-state index is 12.5. The molecule has 0 bridgehead atoms. The first-order valence-electron chi connectivity index (χ1n) is 11.7. The number of piperidine rings is 1. The van der Waals surface area contributed by atoms with Crippen LogP contribution >= 0.6 is 0 Å². The monoisotopic (exact) mass is 417 g/mol. The van der Waals surface area contributed by atoms with E-state index >= 15 is 0 Å². The van der Waals surface area contributed by atoms with Gasteiger partial charge >= 0.3 is 5.97 Å². The largest absolute Gasteiger partial charge is 0.463 e. The first kappa shape index (κ1) is 24.4. The van der Waals surface area contributed by atoms with Crippen molar-refractivity contribution < 1.29 is 19.4 Å². The van der Waals surface area contributed by atoms with E-state index < -0.39 is 0 Å². The number of carbonyl (C=O) groups excluding carboxylic acids is 2. The maximum atomic E-state index is 12.5. The highest BCUT2D eigenvalue weighted by molar-refractivity contribution is 5.77. The van der Waals surface area contributed by atoms with Crippen LogP contribution in [0.2, 0.25) is 0 Å². The van der Waals surface area contributed by atoms with Crippen LogP contribution in [0.25, 0.3) is 0 Å². The van der Waals surface area contributed by atoms with E-state index in [1.807, 2.05) is 49.1 Å². The van der Waals surface area contributed by atoms with Gasteiger partial charge in [0.15, 0.2) is 0 Å². The lowest BCUT2D eigenvalue weighted by Crippen LogP contribution is -2.44. The molecule has 0 saturated carbocycles. The van der Waals surface area contributed by atoms with Crippen molar-refractivity contribution in [2.75, 3.05) is 6.54 Å². The van der Waals surface area contributed by atoms with Gasteiger partial charge in [0.25, 0.3) is 0 Å². The Labute approximate surface area is 181 Å². The fourth-order valence-electron chi connectivity index (χ4n) is 4.20. The lowest BCUT2D eigenvalue weighted by atomic mass is 9.94. The Morgan fingerprint density at radius 2 is 1.90 bits per heavy atom. The van der Waals surface area contributed by atoms with Crippen LogP contribution in [0.1, 0.15) is 83.6 Å². The summed E-state index contributed by atoms with van der Waals surface area (Å²) in [7, 11) is 0. The highest BCUT2D eigenvalue weighted by atomic mass is 16.5. The number of esters is 1. The first-order valence-corrected chi connectivity index (χ1v) is 11.7. The van der Waals surface area contributed by atoms with Gasteiger partial charge in [0.1, 0.15) is 0 Å². The Hall–Kier alpha value is -1.88. The number of rotatable bonds is 13. The van der Waals surface area contributed by atoms with Crippen molar-refractivity contribution in [3.8, 4) is 0 Å². The zero-order chi connectivity index (χ0) is 21.8. The fraction of sp³-hybridized carbons (Fsp3) is 0.680. The van der Waals surface area contributed by atoms with Gasteiger partial charge in [0, 0.05) is 25.4 Å². The number of aliphatic hydroxyl groups excluding tert-OH is 1. The molecule has 1 N–H and O–H groups in total. The molecule has 1 aliphatic heterocycles. The van der Waals surface area contributed by atoms with Gasteiger partial charge in [-0.15, -0.1) is 0 Å². The molecule has 1 fully saturated rings. The van der Waals surface area contributed by atoms with Crippen LogP contribution in [0.5, 0.6) is 0 Å². The van der Waals surface area contributed by atoms with E-state index in [4.69, 9.17) is 4.74 Å². The van der Waals surface area contributed by atoms with E-state index in [0.717, 1.165) is 63.5 Å². The van der Waals surface area contributed by atoms with Gasteiger partial charge in [-0.25, -0.2) is 0 Å². The SMILES string of the molecule is CC(C)OC(=O)CCCCCCN1C(=O)CCC[C@@H]1CC[C@H](O)Cc1ccccc1. The second-order valence-corrected chi connectivity index (χ2v) is 8.76. The molecule has 0 aliphatic carbocycles. The molecule has 168 valence electrons. The van der Waals surface area contributed by atoms with E-state index in [2.05, 4.69) is 0 Å². The number of carbonyl (C=O) groups is 2. The minimum absolute atomic E-state index is 0.0502. The van der Waals surface area contributed by atoms with Gasteiger partial charge in [-0.05, 0) is 64.4 Å². The van der Waals surface area contributed by atoms with Crippen LogP contribution in [-0.2, 0) is 20.7 Å². The van der Waals surface area contributed by atoms with Gasteiger partial charge in [0.2, 0.25) is 5.91 Å². The zero-order valence-electron chi connectivity index (χ0n) is 18.7. The number of hydrogen-bond acceptors (Lipinski definition) is 4. The van der Waals surface area contributed by atoms with Crippen molar-refractivity contribution >= 4 is 11.9 Å². The zero-order valence-corrected chi connectivity index (χ0v) is 18.7. The molecule has 2 atom stereocenters. The average Bonchev–Trinajstić information content (AvgIpc) is 2.70. The summed E-state index contributed by atoms with van der Waals surface area (Å²) in [5, 5.41) is 10.4. The minimum Gasteiger partial charge on any atom is -0.463 e. The standard InChI is InChI=1S/C25H39NO4/c1-20(2)30-25(29)15-8-3-4-9-18-26-22(13-10-14-24(26)28)16-17-23(27)19-21-11-6-5-7-12-21/h5-7,11-12,20,22-23,27H,3-4,8-10,13-19H2,1-2H3/t22-,23+/m1/s1. The molecule has 0 radical (unpaired) electrons. The summed E-state index contributed by atoms with van der Waals surface area (Å²) >= 11 is 0. The molecule has 0 aromatic heterocycles. The number of nitrogens with zero attached hydrogens (tertiary/aromatic N) is 1. The number of ether oxygens (including phenoxy) is 1. The van der Waals surface area contributed by atoms with Crippen LogP contribution in [0.4, 0.5) is 0 Å². The average molecular weight is 418 g/mol. The number of hydrogen-bond donors (Lipinski definition) is 1. The lowest BCUT2D eigenvalue weighted by molar-refractivity contribution is -0.147. The lowest BCUT2D eigenvalue weighted by Gasteiger charge is -2.36. The number of amides is 1. The third-order valence-electron chi connectivity index (χ3n) is 5.73. The van der Waals surface area contributed by atoms with Gasteiger partial charge < -0.3 is 14.7 Å². The predicted molar refractivity (Wildman–Crippen MR) is 119 cm³/mol. The van der Waals surface area contributed by atoms with Gasteiger partial charge in [-0.3, -0.25) is 9.59 Å². The smallest absolute Gasteiger partial charge is 0.306 e. The highest BCUT2D eigenvalue weighted by Crippen LogP contribution is 2.24. The summed E-state index contributed by atoms with van der Waals surface area (Å²) < 4.78 is 5.15. The second-order valence-electron chi connectivity index (χ2n) is 8.76. The summed E-state index contributed by atoms with van der Waals surface area (Å²) in [5.41, 5.74) is 1.15. The summed E-state index contributed by atoms with van der Waals surface area (Å²) in [6, 6.07) is 10.3. The number of benzene rings is 1. The molecule has 1 aromatic rings. The van der Waals surface area contributed by atoms with Gasteiger partial charge in [-0.1, -0.05) is 43.2 Å². The Bertz CT molecular complexity index is 631. The van der Waals surface area contributed by atoms with E-state index in [9.17, 15) is 14.7 Å². The molecule has 30 heavy (non-hydrogen) atoms. The number of unbranched alkanes of at least 4 members (excludes halogenated alkanes) is 3. The van der Waals surface area contributed by atoms with E-state index in [1.165, 1.54) is 0 Å². The van der Waals surface area contributed by atoms with Crippen molar-refractivity contribution in [2.45, 2.75) is 103 Å². The van der Waals surface area contributed by atoms with Crippen LogP contribution in [0.15, 0.2) is 30.3 Å². The van der Waals surface area contributed by atoms with E-state index in [1.54, 1.807) is 0 Å². The van der Waals surface area contributed by atoms with Gasteiger partial charge in [-0.2, -0.15) is 0 Å². The predicted octanol–water partition coefficient (Wildman–Crippen LogP) is 4.65. The van der Waals surface area contributed by atoms with Crippen LogP contribution in [0, 0.1) is 0 Å². The molecule has 1 amide bonds. The fourth-order valence-corrected chi connectivity index (χ4v) is 4.20. The molecule has 1 heterocycles. The molecular formula is C25H39NO4. The Morgan fingerprint density at radius 3 is 2.63 bits per heavy atom. The van der Waals surface area contributed by atoms with E-state index in [-0.39, 0.29) is 30.1 Å². The first-order chi connectivity index (χ1) is 14.5. The topological polar surface area (TPSA) is 66.8 Å². The highest BCUT2D eigenvalue weighted by Gasteiger charge is 2.27. The summed E-state index contributed by atoms with van der Waals surface area (Å²) in [6.07, 6.45) is 8.75. The van der Waals surface area contributed by atoms with Crippen LogP contribution in [0.3, 0.4) is 0 Å². The normalized spacial score (nSPS) is 17.9. The molecule has 1 aliphatic rings. The number of likely N-dealkylation sites (tertiary alicyclic amines) is 1. The van der Waals surface area contributed by atoms with Crippen molar-refractivity contribution in [3.63, 3.8) is 0 Å². The molecule has 1 saturated heterocycles. The second kappa shape index (κ2) is 13.4. The summed E-state index contributed by atoms with van der Waals surface area (Å²) in [5.74, 6) is 0.134. The van der Waals surface area contributed by atoms with Crippen LogP contribution < -0.4 is 0 Å². The maximum Gasteiger partial charge on any atom is 0.306 e. The number of aliphatic hydroxyl groups is 1. The van der Waals surface area contributed by atoms with E-state index in [0.29, 0.717) is 19.3 Å². The van der Waals surface area contributed by atoms with Crippen molar-refractivity contribution in [2.24, 2.45) is 0 Å². The molecular weight excluding hydrogens is 378 g/mol. The third-order valence-corrected chi connectivity index (χ3v) is 5.73.